The van der Waals surface area contributed by atoms with Crippen molar-refractivity contribution in [3.05, 3.63) is 70.6 Å². The Kier molecular flexibility index (Phi) is 4.07. The van der Waals surface area contributed by atoms with Gasteiger partial charge >= 0.3 is 0 Å². The van der Waals surface area contributed by atoms with E-state index < -0.39 is 29.1 Å². The van der Waals surface area contributed by atoms with Gasteiger partial charge in [0.1, 0.15) is 17.7 Å². The van der Waals surface area contributed by atoms with Crippen LogP contribution >= 0.6 is 0 Å². The van der Waals surface area contributed by atoms with Crippen LogP contribution in [0.2, 0.25) is 0 Å². The van der Waals surface area contributed by atoms with Gasteiger partial charge in [0, 0.05) is 11.5 Å². The molecule has 3 aromatic rings. The van der Waals surface area contributed by atoms with E-state index in [0.29, 0.717) is 10.8 Å². The molecule has 5 nitrogen and oxygen atoms in total. The quantitative estimate of drug-likeness (QED) is 0.803. The van der Waals surface area contributed by atoms with Gasteiger partial charge in [-0.1, -0.05) is 18.2 Å². The summed E-state index contributed by atoms with van der Waals surface area (Å²) < 4.78 is 27.8. The van der Waals surface area contributed by atoms with Crippen LogP contribution in [0.15, 0.2) is 53.5 Å². The average molecular weight is 329 g/mol. The Bertz CT molecular complexity index is 985. The smallest absolute Gasteiger partial charge is 0.275 e. The fourth-order valence-electron chi connectivity index (χ4n) is 2.32. The average Bonchev–Trinajstić information content (AvgIpc) is 2.58. The molecule has 0 aliphatic heterocycles. The third kappa shape index (κ3) is 2.88. The summed E-state index contributed by atoms with van der Waals surface area (Å²) in [5.41, 5.74) is -0.726. The second-order valence-corrected chi connectivity index (χ2v) is 5.27. The lowest BCUT2D eigenvalue weighted by Gasteiger charge is -2.15. The molecule has 0 radical (unpaired) electrons. The van der Waals surface area contributed by atoms with E-state index in [4.69, 9.17) is 0 Å². The minimum Gasteiger partial charge on any atom is -0.322 e. The highest BCUT2D eigenvalue weighted by molar-refractivity contribution is 5.93. The Hall–Kier alpha value is -3.09. The van der Waals surface area contributed by atoms with Gasteiger partial charge in [-0.25, -0.2) is 13.5 Å². The number of carbonyl (C=O) groups is 1. The number of anilines is 1. The number of amides is 1. The molecule has 0 aliphatic carbocycles. The maximum Gasteiger partial charge on any atom is 0.275 e. The number of aromatic nitrogens is 2. The number of halogens is 2. The van der Waals surface area contributed by atoms with Crippen LogP contribution in [0.1, 0.15) is 13.0 Å². The summed E-state index contributed by atoms with van der Waals surface area (Å²) in [5, 5.41) is 7.33. The van der Waals surface area contributed by atoms with E-state index in [1.165, 1.54) is 13.1 Å². The molecule has 3 rings (SSSR count). The number of hydrogen-bond donors (Lipinski definition) is 1. The summed E-state index contributed by atoms with van der Waals surface area (Å²) >= 11 is 0. The third-order valence-electron chi connectivity index (χ3n) is 3.65. The van der Waals surface area contributed by atoms with Crippen LogP contribution in [0.4, 0.5) is 14.5 Å². The number of hydrogen-bond acceptors (Lipinski definition) is 3. The van der Waals surface area contributed by atoms with Gasteiger partial charge in [0.2, 0.25) is 5.91 Å². The van der Waals surface area contributed by atoms with Crippen molar-refractivity contribution >= 4 is 22.4 Å². The van der Waals surface area contributed by atoms with Crippen molar-refractivity contribution in [3.8, 4) is 0 Å². The van der Waals surface area contributed by atoms with Gasteiger partial charge < -0.3 is 5.32 Å². The van der Waals surface area contributed by atoms with Crippen molar-refractivity contribution in [1.29, 1.82) is 0 Å². The summed E-state index contributed by atoms with van der Waals surface area (Å²) in [6, 6.07) is 8.59. The summed E-state index contributed by atoms with van der Waals surface area (Å²) in [6.07, 6.45) is 1.48. The van der Waals surface area contributed by atoms with Gasteiger partial charge in [0.25, 0.3) is 5.56 Å². The topological polar surface area (TPSA) is 64.0 Å². The van der Waals surface area contributed by atoms with Gasteiger partial charge in [-0.05, 0) is 25.1 Å². The monoisotopic (exact) mass is 329 g/mol. The SMILES string of the molecule is C[C@H](C(=O)Nc1cc(F)ccc1F)n1ncc2ccccc2c1=O. The van der Waals surface area contributed by atoms with E-state index in [2.05, 4.69) is 10.4 Å². The van der Waals surface area contributed by atoms with Crippen molar-refractivity contribution in [2.75, 3.05) is 5.32 Å². The highest BCUT2D eigenvalue weighted by atomic mass is 19.1. The van der Waals surface area contributed by atoms with Crippen LogP contribution in [0.3, 0.4) is 0 Å². The van der Waals surface area contributed by atoms with Gasteiger partial charge in [-0.3, -0.25) is 9.59 Å². The van der Waals surface area contributed by atoms with Gasteiger partial charge in [-0.2, -0.15) is 5.10 Å². The van der Waals surface area contributed by atoms with E-state index in [9.17, 15) is 18.4 Å². The minimum absolute atomic E-state index is 0.291. The zero-order valence-electron chi connectivity index (χ0n) is 12.7. The Morgan fingerprint density at radius 1 is 1.21 bits per heavy atom. The number of nitrogens with one attached hydrogen (secondary N) is 1. The normalized spacial score (nSPS) is 12.1. The van der Waals surface area contributed by atoms with E-state index >= 15 is 0 Å². The van der Waals surface area contributed by atoms with E-state index in [1.54, 1.807) is 24.3 Å². The molecule has 1 N–H and O–H groups in total. The van der Waals surface area contributed by atoms with E-state index in [1.807, 2.05) is 0 Å². The van der Waals surface area contributed by atoms with Crippen LogP contribution < -0.4 is 10.9 Å². The highest BCUT2D eigenvalue weighted by Gasteiger charge is 2.20. The van der Waals surface area contributed by atoms with Crippen molar-refractivity contribution in [2.45, 2.75) is 13.0 Å². The molecular formula is C17H13F2N3O2. The van der Waals surface area contributed by atoms with Crippen molar-refractivity contribution in [1.82, 2.24) is 9.78 Å². The molecule has 0 spiro atoms. The molecule has 0 saturated carbocycles. The molecule has 2 aromatic carbocycles. The lowest BCUT2D eigenvalue weighted by Crippen LogP contribution is -2.33. The molecular weight excluding hydrogens is 316 g/mol. The largest absolute Gasteiger partial charge is 0.322 e. The zero-order chi connectivity index (χ0) is 17.3. The van der Waals surface area contributed by atoms with E-state index in [0.717, 1.165) is 22.9 Å². The molecule has 0 fully saturated rings. The van der Waals surface area contributed by atoms with Gasteiger partial charge in [0.05, 0.1) is 17.3 Å². The molecule has 122 valence electrons. The Labute approximate surface area is 135 Å². The molecule has 24 heavy (non-hydrogen) atoms. The molecule has 0 aliphatic rings. The van der Waals surface area contributed by atoms with Gasteiger partial charge in [-0.15, -0.1) is 0 Å². The molecule has 1 heterocycles. The number of fused-ring (bicyclic) bond motifs is 1. The highest BCUT2D eigenvalue weighted by Crippen LogP contribution is 2.17. The molecule has 1 atom stereocenters. The van der Waals surface area contributed by atoms with Crippen LogP contribution in [-0.2, 0) is 4.79 Å². The Morgan fingerprint density at radius 3 is 2.75 bits per heavy atom. The molecule has 0 unspecified atom stereocenters. The summed E-state index contributed by atoms with van der Waals surface area (Å²) in [5.74, 6) is -2.12. The standard InChI is InChI=1S/C17H13F2N3O2/c1-10(16(23)21-15-8-12(18)6-7-14(15)19)22-17(24)13-5-3-2-4-11(13)9-20-22/h2-10H,1H3,(H,21,23)/t10-/m1/s1. The number of rotatable bonds is 3. The molecule has 0 saturated heterocycles. The van der Waals surface area contributed by atoms with Crippen LogP contribution in [0.25, 0.3) is 10.8 Å². The fraction of sp³-hybridized carbons (Fsp3) is 0.118. The lowest BCUT2D eigenvalue weighted by molar-refractivity contribution is -0.119. The minimum atomic E-state index is -0.996. The summed E-state index contributed by atoms with van der Waals surface area (Å²) in [6.45, 7) is 1.45. The van der Waals surface area contributed by atoms with Crippen LogP contribution in [0, 0.1) is 11.6 Å². The van der Waals surface area contributed by atoms with Crippen molar-refractivity contribution in [2.24, 2.45) is 0 Å². The van der Waals surface area contributed by atoms with Gasteiger partial charge in [0.15, 0.2) is 0 Å². The lowest BCUT2D eigenvalue weighted by atomic mass is 10.2. The Balaban J connectivity index is 1.92. The Morgan fingerprint density at radius 2 is 1.96 bits per heavy atom. The number of benzene rings is 2. The summed E-state index contributed by atoms with van der Waals surface area (Å²) in [4.78, 5) is 24.7. The van der Waals surface area contributed by atoms with Crippen molar-refractivity contribution < 1.29 is 13.6 Å². The van der Waals surface area contributed by atoms with Crippen molar-refractivity contribution in [3.63, 3.8) is 0 Å². The number of carbonyl (C=O) groups excluding carboxylic acids is 1. The first-order valence-corrected chi connectivity index (χ1v) is 7.20. The second kappa shape index (κ2) is 6.19. The third-order valence-corrected chi connectivity index (χ3v) is 3.65. The molecule has 7 heteroatoms. The first-order valence-electron chi connectivity index (χ1n) is 7.20. The maximum atomic E-state index is 13.6. The van der Waals surface area contributed by atoms with Crippen LogP contribution in [0.5, 0.6) is 0 Å². The first kappa shape index (κ1) is 15.8. The summed E-state index contributed by atoms with van der Waals surface area (Å²) in [7, 11) is 0. The van der Waals surface area contributed by atoms with Crippen LogP contribution in [-0.4, -0.2) is 15.7 Å². The zero-order valence-corrected chi connectivity index (χ0v) is 12.7. The first-order chi connectivity index (χ1) is 11.5. The number of nitrogens with zero attached hydrogens (tertiary/aromatic N) is 2. The molecule has 1 aromatic heterocycles. The molecule has 1 amide bonds. The predicted octanol–water partition coefficient (Wildman–Crippen LogP) is 2.87. The van der Waals surface area contributed by atoms with E-state index in [-0.39, 0.29) is 5.69 Å². The maximum absolute atomic E-state index is 13.6. The fourth-order valence-corrected chi connectivity index (χ4v) is 2.32. The molecule has 0 bridgehead atoms. The predicted molar refractivity (Wildman–Crippen MR) is 85.7 cm³/mol. The second-order valence-electron chi connectivity index (χ2n) is 5.27.